The molecule has 0 saturated carbocycles. The number of carbonyl (C=O) groups is 2. The smallest absolute Gasteiger partial charge is 0.236 e. The maximum absolute atomic E-state index is 12.8. The summed E-state index contributed by atoms with van der Waals surface area (Å²) in [4.78, 5) is 25.7. The van der Waals surface area contributed by atoms with E-state index in [-0.39, 0.29) is 37.2 Å². The normalized spacial score (nSPS) is 25.4. The quantitative estimate of drug-likeness (QED) is 0.823. The van der Waals surface area contributed by atoms with Crippen LogP contribution in [-0.2, 0) is 9.59 Å². The minimum atomic E-state index is -0.975. The summed E-state index contributed by atoms with van der Waals surface area (Å²) in [6, 6.07) is 5.44. The zero-order valence-electron chi connectivity index (χ0n) is 12.5. The lowest BCUT2D eigenvalue weighted by Crippen LogP contribution is -2.41. The lowest BCUT2D eigenvalue weighted by Gasteiger charge is -2.22. The Kier molecular flexibility index (Phi) is 4.59. The average Bonchev–Trinajstić information content (AvgIpc) is 3.08. The predicted molar refractivity (Wildman–Crippen MR) is 83.6 cm³/mol. The van der Waals surface area contributed by atoms with Crippen molar-refractivity contribution >= 4 is 23.6 Å². The Morgan fingerprint density at radius 2 is 2.09 bits per heavy atom. The van der Waals surface area contributed by atoms with Gasteiger partial charge >= 0.3 is 0 Å². The number of aliphatic hydroxyl groups is 1. The van der Waals surface area contributed by atoms with Crippen molar-refractivity contribution in [3.63, 3.8) is 0 Å². The summed E-state index contributed by atoms with van der Waals surface area (Å²) in [5.41, 5.74) is -0.556. The third kappa shape index (κ3) is 3.35. The molecule has 5 nitrogen and oxygen atoms in total. The third-order valence-electron chi connectivity index (χ3n) is 4.24. The highest BCUT2D eigenvalue weighted by molar-refractivity contribution is 7.99. The van der Waals surface area contributed by atoms with Gasteiger partial charge in [0.25, 0.3) is 0 Å². The highest BCUT2D eigenvalue weighted by Crippen LogP contribution is 2.44. The molecule has 2 heterocycles. The molecule has 0 radical (unpaired) electrons. The molecule has 23 heavy (non-hydrogen) atoms. The van der Waals surface area contributed by atoms with Gasteiger partial charge in [-0.05, 0) is 36.4 Å². The van der Waals surface area contributed by atoms with Crippen LogP contribution in [0.1, 0.15) is 12.8 Å². The fourth-order valence-corrected chi connectivity index (χ4v) is 4.39. The first-order chi connectivity index (χ1) is 11.0. The second kappa shape index (κ2) is 6.49. The van der Waals surface area contributed by atoms with Crippen LogP contribution in [0.15, 0.2) is 24.3 Å². The summed E-state index contributed by atoms with van der Waals surface area (Å²) in [6.07, 6.45) is -0.0113. The molecule has 124 valence electrons. The first-order valence-corrected chi connectivity index (χ1v) is 8.65. The Morgan fingerprint density at radius 3 is 2.74 bits per heavy atom. The summed E-state index contributed by atoms with van der Waals surface area (Å²) in [5.74, 6) is 1.23. The zero-order chi connectivity index (χ0) is 16.4. The Balaban J connectivity index is 1.55. The number of amides is 2. The Labute approximate surface area is 137 Å². The van der Waals surface area contributed by atoms with Crippen LogP contribution in [0.2, 0.25) is 0 Å². The van der Waals surface area contributed by atoms with Gasteiger partial charge in [-0.15, -0.1) is 0 Å². The molecule has 2 fully saturated rings. The van der Waals surface area contributed by atoms with Crippen LogP contribution in [-0.4, -0.2) is 52.6 Å². The molecule has 2 saturated heterocycles. The van der Waals surface area contributed by atoms with Gasteiger partial charge in [-0.1, -0.05) is 0 Å². The third-order valence-corrected chi connectivity index (χ3v) is 5.49. The Morgan fingerprint density at radius 1 is 1.35 bits per heavy atom. The van der Waals surface area contributed by atoms with Crippen LogP contribution in [0.25, 0.3) is 0 Å². The molecule has 3 rings (SSSR count). The van der Waals surface area contributed by atoms with Gasteiger partial charge in [0.05, 0.1) is 12.0 Å². The van der Waals surface area contributed by atoms with Gasteiger partial charge in [0.15, 0.2) is 0 Å². The fourth-order valence-electron chi connectivity index (χ4n) is 2.95. The van der Waals surface area contributed by atoms with Crippen molar-refractivity contribution in [1.82, 2.24) is 4.90 Å². The van der Waals surface area contributed by atoms with E-state index in [4.69, 9.17) is 4.74 Å². The number of hydrogen-bond acceptors (Lipinski definition) is 5. The van der Waals surface area contributed by atoms with Crippen molar-refractivity contribution in [2.75, 3.05) is 24.7 Å². The number of β-amino-alcohol motifs (C(OH)–C–C–N with tert-alkyl or cyclic N) is 1. The molecule has 0 aliphatic carbocycles. The van der Waals surface area contributed by atoms with E-state index in [1.165, 1.54) is 24.3 Å². The Bertz CT molecular complexity index is 601. The molecule has 0 bridgehead atoms. The minimum Gasteiger partial charge on any atom is -0.491 e. The van der Waals surface area contributed by atoms with Gasteiger partial charge in [-0.3, -0.25) is 14.5 Å². The van der Waals surface area contributed by atoms with E-state index in [1.807, 2.05) is 0 Å². The summed E-state index contributed by atoms with van der Waals surface area (Å²) in [6.45, 7) is -0.129. The van der Waals surface area contributed by atoms with E-state index in [0.29, 0.717) is 11.5 Å². The monoisotopic (exact) mass is 339 g/mol. The van der Waals surface area contributed by atoms with Crippen molar-refractivity contribution in [3.8, 4) is 5.75 Å². The summed E-state index contributed by atoms with van der Waals surface area (Å²) >= 11 is 1.69. The average molecular weight is 339 g/mol. The number of benzene rings is 1. The maximum atomic E-state index is 12.8. The summed E-state index contributed by atoms with van der Waals surface area (Å²) in [7, 11) is 0. The van der Waals surface area contributed by atoms with Crippen LogP contribution in [0.5, 0.6) is 5.75 Å². The number of thioether (sulfide) groups is 1. The van der Waals surface area contributed by atoms with E-state index in [1.54, 1.807) is 11.8 Å². The van der Waals surface area contributed by atoms with Crippen LogP contribution in [0.4, 0.5) is 4.39 Å². The Hall–Kier alpha value is -1.60. The molecular weight excluding hydrogens is 321 g/mol. The van der Waals surface area contributed by atoms with Crippen LogP contribution < -0.4 is 4.74 Å². The highest BCUT2D eigenvalue weighted by atomic mass is 32.2. The molecule has 7 heteroatoms. The van der Waals surface area contributed by atoms with Crippen molar-refractivity contribution in [2.24, 2.45) is 5.41 Å². The molecule has 2 aliphatic rings. The molecule has 1 aromatic carbocycles. The van der Waals surface area contributed by atoms with Gasteiger partial charge < -0.3 is 9.84 Å². The van der Waals surface area contributed by atoms with Crippen LogP contribution >= 0.6 is 11.8 Å². The number of likely N-dealkylation sites (tertiary alicyclic amines) is 1. The first-order valence-electron chi connectivity index (χ1n) is 7.49. The highest BCUT2D eigenvalue weighted by Gasteiger charge is 2.53. The van der Waals surface area contributed by atoms with Gasteiger partial charge in [0, 0.05) is 12.2 Å². The standard InChI is InChI=1S/C16H18FNO4S/c17-11-1-3-13(4-2-11)22-9-12(19)8-18-14(20)7-16(15(18)21)5-6-23-10-16/h1-4,12,19H,5-10H2. The second-order valence-corrected chi connectivity index (χ2v) is 7.09. The number of hydrogen-bond donors (Lipinski definition) is 1. The molecule has 0 aromatic heterocycles. The van der Waals surface area contributed by atoms with E-state index in [9.17, 15) is 19.1 Å². The van der Waals surface area contributed by atoms with Gasteiger partial charge in [0.2, 0.25) is 11.8 Å². The van der Waals surface area contributed by atoms with Crippen molar-refractivity contribution in [2.45, 2.75) is 18.9 Å². The largest absolute Gasteiger partial charge is 0.491 e. The zero-order valence-corrected chi connectivity index (χ0v) is 13.4. The number of ether oxygens (including phenoxy) is 1. The van der Waals surface area contributed by atoms with Gasteiger partial charge in [0.1, 0.15) is 24.3 Å². The number of halogens is 1. The fraction of sp³-hybridized carbons (Fsp3) is 0.500. The number of rotatable bonds is 5. The van der Waals surface area contributed by atoms with E-state index in [2.05, 4.69) is 0 Å². The number of imide groups is 1. The molecule has 2 unspecified atom stereocenters. The van der Waals surface area contributed by atoms with Crippen molar-refractivity contribution in [1.29, 1.82) is 0 Å². The van der Waals surface area contributed by atoms with Crippen molar-refractivity contribution in [3.05, 3.63) is 30.1 Å². The second-order valence-electron chi connectivity index (χ2n) is 5.99. The SMILES string of the molecule is O=C1CC2(CCSC2)C(=O)N1CC(O)COc1ccc(F)cc1. The lowest BCUT2D eigenvalue weighted by atomic mass is 9.86. The van der Waals surface area contributed by atoms with Crippen LogP contribution in [0, 0.1) is 11.2 Å². The lowest BCUT2D eigenvalue weighted by molar-refractivity contribution is -0.142. The van der Waals surface area contributed by atoms with E-state index < -0.39 is 11.5 Å². The number of aliphatic hydroxyl groups excluding tert-OH is 1. The molecule has 2 atom stereocenters. The minimum absolute atomic E-state index is 0.0642. The predicted octanol–water partition coefficient (Wildman–Crippen LogP) is 1.45. The topological polar surface area (TPSA) is 66.8 Å². The van der Waals surface area contributed by atoms with E-state index in [0.717, 1.165) is 17.1 Å². The van der Waals surface area contributed by atoms with Gasteiger partial charge in [-0.25, -0.2) is 4.39 Å². The first kappa shape index (κ1) is 16.3. The molecule has 2 amide bonds. The maximum Gasteiger partial charge on any atom is 0.236 e. The van der Waals surface area contributed by atoms with E-state index >= 15 is 0 Å². The summed E-state index contributed by atoms with van der Waals surface area (Å²) < 4.78 is 18.1. The molecule has 1 aromatic rings. The molecule has 2 aliphatic heterocycles. The number of carbonyl (C=O) groups excluding carboxylic acids is 2. The van der Waals surface area contributed by atoms with Crippen molar-refractivity contribution < 1.29 is 23.8 Å². The van der Waals surface area contributed by atoms with Gasteiger partial charge in [-0.2, -0.15) is 11.8 Å². The molecular formula is C16H18FNO4S. The molecule has 1 N–H and O–H groups in total. The van der Waals surface area contributed by atoms with Crippen LogP contribution in [0.3, 0.4) is 0 Å². The molecule has 1 spiro atoms. The number of nitrogens with zero attached hydrogens (tertiary/aromatic N) is 1. The summed E-state index contributed by atoms with van der Waals surface area (Å²) in [5, 5.41) is 10.0.